The fourth-order valence-electron chi connectivity index (χ4n) is 1.15. The zero-order valence-corrected chi connectivity index (χ0v) is 10.2. The Morgan fingerprint density at radius 2 is 2.19 bits per heavy atom. The van der Waals surface area contributed by atoms with Crippen LogP contribution in [-0.4, -0.2) is 31.7 Å². The predicted molar refractivity (Wildman–Crippen MR) is 66.1 cm³/mol. The van der Waals surface area contributed by atoms with Crippen molar-refractivity contribution in [2.24, 2.45) is 5.73 Å². The first kappa shape index (κ1) is 15.1. The molecule has 0 aliphatic carbocycles. The van der Waals surface area contributed by atoms with Crippen LogP contribution in [0.3, 0.4) is 0 Å². The molecule has 0 aromatic rings. The van der Waals surface area contributed by atoms with E-state index in [0.717, 1.165) is 25.9 Å². The number of nitrogens with one attached hydrogen (secondary N) is 1. The van der Waals surface area contributed by atoms with Crippen LogP contribution < -0.4 is 11.1 Å². The molecule has 4 heteroatoms. The van der Waals surface area contributed by atoms with Gasteiger partial charge < -0.3 is 15.8 Å². The summed E-state index contributed by atoms with van der Waals surface area (Å²) < 4.78 is 5.37. The molecule has 0 saturated heterocycles. The van der Waals surface area contributed by atoms with Crippen molar-refractivity contribution in [2.75, 3.05) is 19.8 Å². The molecular weight excluding hydrogens is 204 g/mol. The van der Waals surface area contributed by atoms with Crippen LogP contribution in [-0.2, 0) is 9.53 Å². The van der Waals surface area contributed by atoms with Crippen molar-refractivity contribution < 1.29 is 9.53 Å². The molecule has 16 heavy (non-hydrogen) atoms. The fourth-order valence-corrected chi connectivity index (χ4v) is 1.15. The van der Waals surface area contributed by atoms with Crippen molar-refractivity contribution in [2.45, 2.75) is 38.6 Å². The third-order valence-electron chi connectivity index (χ3n) is 2.16. The maximum Gasteiger partial charge on any atom is 0.237 e. The first-order valence-corrected chi connectivity index (χ1v) is 5.94. The maximum absolute atomic E-state index is 11.3. The van der Waals surface area contributed by atoms with Crippen LogP contribution in [0.4, 0.5) is 0 Å². The first-order chi connectivity index (χ1) is 7.72. The minimum atomic E-state index is -0.474. The van der Waals surface area contributed by atoms with E-state index in [4.69, 9.17) is 10.5 Å². The lowest BCUT2D eigenvalue weighted by Gasteiger charge is -2.10. The SMILES string of the molecule is C=CCC(N)C(=O)NCCCOCCCC. The van der Waals surface area contributed by atoms with Crippen LogP contribution in [0.15, 0.2) is 12.7 Å². The van der Waals surface area contributed by atoms with Gasteiger partial charge in [0.05, 0.1) is 6.04 Å². The third kappa shape index (κ3) is 8.44. The monoisotopic (exact) mass is 228 g/mol. The van der Waals surface area contributed by atoms with Crippen molar-refractivity contribution in [1.29, 1.82) is 0 Å². The smallest absolute Gasteiger partial charge is 0.237 e. The summed E-state index contributed by atoms with van der Waals surface area (Å²) in [5, 5.41) is 2.77. The van der Waals surface area contributed by atoms with E-state index in [2.05, 4.69) is 18.8 Å². The topological polar surface area (TPSA) is 64.4 Å². The summed E-state index contributed by atoms with van der Waals surface area (Å²) in [4.78, 5) is 11.3. The molecule has 3 N–H and O–H groups in total. The van der Waals surface area contributed by atoms with Crippen molar-refractivity contribution in [3.05, 3.63) is 12.7 Å². The molecule has 0 spiro atoms. The van der Waals surface area contributed by atoms with Gasteiger partial charge in [0, 0.05) is 19.8 Å². The van der Waals surface area contributed by atoms with Gasteiger partial charge in [0.2, 0.25) is 5.91 Å². The van der Waals surface area contributed by atoms with Gasteiger partial charge in [-0.1, -0.05) is 19.4 Å². The molecule has 0 bridgehead atoms. The van der Waals surface area contributed by atoms with Gasteiger partial charge in [0.1, 0.15) is 0 Å². The quantitative estimate of drug-likeness (QED) is 0.436. The predicted octanol–water partition coefficient (Wildman–Crippen LogP) is 1.21. The van der Waals surface area contributed by atoms with Crippen LogP contribution in [0.1, 0.15) is 32.6 Å². The summed E-state index contributed by atoms with van der Waals surface area (Å²) in [5.41, 5.74) is 5.59. The van der Waals surface area contributed by atoms with Gasteiger partial charge in [-0.05, 0) is 19.3 Å². The van der Waals surface area contributed by atoms with Crippen molar-refractivity contribution in [3.63, 3.8) is 0 Å². The fraction of sp³-hybridized carbons (Fsp3) is 0.750. The number of hydrogen-bond donors (Lipinski definition) is 2. The molecule has 0 aliphatic rings. The van der Waals surface area contributed by atoms with Gasteiger partial charge in [0.15, 0.2) is 0 Å². The maximum atomic E-state index is 11.3. The Labute approximate surface area is 98.2 Å². The summed E-state index contributed by atoms with van der Waals surface area (Å²) in [6.07, 6.45) is 5.23. The number of rotatable bonds is 10. The van der Waals surface area contributed by atoms with E-state index in [0.29, 0.717) is 19.6 Å². The minimum absolute atomic E-state index is 0.117. The normalized spacial score (nSPS) is 12.1. The summed E-state index contributed by atoms with van der Waals surface area (Å²) in [6.45, 7) is 7.79. The highest BCUT2D eigenvalue weighted by atomic mass is 16.5. The van der Waals surface area contributed by atoms with E-state index in [1.165, 1.54) is 0 Å². The summed E-state index contributed by atoms with van der Waals surface area (Å²) in [6, 6.07) is -0.474. The average molecular weight is 228 g/mol. The highest BCUT2D eigenvalue weighted by Gasteiger charge is 2.09. The number of carbonyl (C=O) groups excluding carboxylic acids is 1. The van der Waals surface area contributed by atoms with E-state index < -0.39 is 6.04 Å². The highest BCUT2D eigenvalue weighted by Crippen LogP contribution is 1.91. The Hall–Kier alpha value is -0.870. The number of amides is 1. The van der Waals surface area contributed by atoms with E-state index >= 15 is 0 Å². The van der Waals surface area contributed by atoms with Gasteiger partial charge >= 0.3 is 0 Å². The van der Waals surface area contributed by atoms with Crippen molar-refractivity contribution >= 4 is 5.91 Å². The first-order valence-electron chi connectivity index (χ1n) is 5.94. The Morgan fingerprint density at radius 3 is 2.81 bits per heavy atom. The van der Waals surface area contributed by atoms with Gasteiger partial charge in [-0.25, -0.2) is 0 Å². The second-order valence-corrected chi connectivity index (χ2v) is 3.74. The molecule has 94 valence electrons. The summed E-state index contributed by atoms with van der Waals surface area (Å²) in [7, 11) is 0. The van der Waals surface area contributed by atoms with Gasteiger partial charge in [0.25, 0.3) is 0 Å². The van der Waals surface area contributed by atoms with Gasteiger partial charge in [-0.2, -0.15) is 0 Å². The summed E-state index contributed by atoms with van der Waals surface area (Å²) >= 11 is 0. The Morgan fingerprint density at radius 1 is 1.50 bits per heavy atom. The standard InChI is InChI=1S/C12H24N2O2/c1-3-5-9-16-10-6-8-14-12(15)11(13)7-4-2/h4,11H,2-3,5-10,13H2,1H3,(H,14,15). The van der Waals surface area contributed by atoms with Gasteiger partial charge in [-0.15, -0.1) is 6.58 Å². The second-order valence-electron chi connectivity index (χ2n) is 3.74. The lowest BCUT2D eigenvalue weighted by atomic mass is 10.2. The zero-order valence-electron chi connectivity index (χ0n) is 10.2. The second kappa shape index (κ2) is 10.6. The molecule has 0 fully saturated rings. The molecule has 1 unspecified atom stereocenters. The zero-order chi connectivity index (χ0) is 12.2. The number of carbonyl (C=O) groups is 1. The van der Waals surface area contributed by atoms with E-state index in [1.807, 2.05) is 0 Å². The van der Waals surface area contributed by atoms with Crippen LogP contribution in [0, 0.1) is 0 Å². The molecule has 0 heterocycles. The lowest BCUT2D eigenvalue weighted by Crippen LogP contribution is -2.40. The van der Waals surface area contributed by atoms with Crippen molar-refractivity contribution in [3.8, 4) is 0 Å². The van der Waals surface area contributed by atoms with E-state index in [-0.39, 0.29) is 5.91 Å². The molecule has 0 aromatic carbocycles. The molecule has 0 aliphatic heterocycles. The van der Waals surface area contributed by atoms with Crippen LogP contribution in [0.25, 0.3) is 0 Å². The van der Waals surface area contributed by atoms with Crippen molar-refractivity contribution in [1.82, 2.24) is 5.32 Å². The molecule has 1 atom stereocenters. The average Bonchev–Trinajstić information content (AvgIpc) is 2.28. The molecule has 1 amide bonds. The molecule has 0 saturated carbocycles. The summed E-state index contributed by atoms with van der Waals surface area (Å²) in [5.74, 6) is -0.117. The largest absolute Gasteiger partial charge is 0.381 e. The van der Waals surface area contributed by atoms with E-state index in [9.17, 15) is 4.79 Å². The van der Waals surface area contributed by atoms with Crippen LogP contribution >= 0.6 is 0 Å². The highest BCUT2D eigenvalue weighted by molar-refractivity contribution is 5.81. The van der Waals surface area contributed by atoms with Crippen LogP contribution in [0.5, 0.6) is 0 Å². The Bertz CT molecular complexity index is 195. The third-order valence-corrected chi connectivity index (χ3v) is 2.16. The van der Waals surface area contributed by atoms with E-state index in [1.54, 1.807) is 6.08 Å². The molecule has 0 rings (SSSR count). The molecule has 4 nitrogen and oxygen atoms in total. The molecule has 0 aromatic heterocycles. The van der Waals surface area contributed by atoms with Crippen LogP contribution in [0.2, 0.25) is 0 Å². The molecular formula is C12H24N2O2. The number of unbranched alkanes of at least 4 members (excludes halogenated alkanes) is 1. The Kier molecular flexibility index (Phi) is 10.1. The molecule has 0 radical (unpaired) electrons. The minimum Gasteiger partial charge on any atom is -0.381 e. The Balaban J connectivity index is 3.30. The van der Waals surface area contributed by atoms with Gasteiger partial charge in [-0.3, -0.25) is 4.79 Å². The number of hydrogen-bond acceptors (Lipinski definition) is 3. The number of ether oxygens (including phenoxy) is 1. The lowest BCUT2D eigenvalue weighted by molar-refractivity contribution is -0.122. The number of nitrogens with two attached hydrogens (primary N) is 1.